The van der Waals surface area contributed by atoms with Crippen LogP contribution in [0.15, 0.2) is 65.1 Å². The van der Waals surface area contributed by atoms with Gasteiger partial charge in [-0.2, -0.15) is 0 Å². The second-order valence-electron chi connectivity index (χ2n) is 6.82. The van der Waals surface area contributed by atoms with Crippen LogP contribution < -0.4 is 0 Å². The van der Waals surface area contributed by atoms with Crippen LogP contribution in [0, 0.1) is 6.92 Å². The molecule has 7 nitrogen and oxygen atoms in total. The van der Waals surface area contributed by atoms with E-state index < -0.39 is 23.9 Å². The van der Waals surface area contributed by atoms with Crippen LogP contribution in [0.4, 0.5) is 4.79 Å². The summed E-state index contributed by atoms with van der Waals surface area (Å²) in [7, 11) is 0. The van der Waals surface area contributed by atoms with Gasteiger partial charge < -0.3 is 4.42 Å². The van der Waals surface area contributed by atoms with E-state index in [4.69, 9.17) is 4.42 Å². The quantitative estimate of drug-likeness (QED) is 0.491. The van der Waals surface area contributed by atoms with E-state index in [0.29, 0.717) is 17.3 Å². The number of carbonyl (C=O) groups excluding carboxylic acids is 3. The lowest BCUT2D eigenvalue weighted by atomic mass is 10.1. The van der Waals surface area contributed by atoms with E-state index in [2.05, 4.69) is 4.98 Å². The molecule has 146 valence electrons. The summed E-state index contributed by atoms with van der Waals surface area (Å²) in [5.74, 6) is -0.804. The summed E-state index contributed by atoms with van der Waals surface area (Å²) in [5.41, 5.74) is 2.00. The molecule has 0 saturated carbocycles. The van der Waals surface area contributed by atoms with Gasteiger partial charge in [0.15, 0.2) is 0 Å². The second kappa shape index (κ2) is 7.35. The average Bonchev–Trinajstić information content (AvgIpc) is 3.21. The summed E-state index contributed by atoms with van der Waals surface area (Å²) >= 11 is 0. The Kier molecular flexibility index (Phi) is 4.72. The van der Waals surface area contributed by atoms with Crippen LogP contribution in [0.25, 0.3) is 11.5 Å². The highest BCUT2D eigenvalue weighted by Crippen LogP contribution is 2.28. The Balaban J connectivity index is 1.59. The molecule has 7 heteroatoms. The van der Waals surface area contributed by atoms with Crippen molar-refractivity contribution in [3.05, 3.63) is 77.7 Å². The maximum atomic E-state index is 12.9. The molecular formula is C22H19N3O4. The van der Waals surface area contributed by atoms with Gasteiger partial charge in [0.1, 0.15) is 11.5 Å². The fourth-order valence-corrected chi connectivity index (χ4v) is 3.31. The molecule has 1 saturated heterocycles. The SMILES string of the molecule is Cc1oc(-c2ccccc2)nc1CN1C(=O)C(=O)N(C(C)c2ccccc2)C1=O. The number of urea groups is 1. The Hall–Kier alpha value is -3.74. The molecule has 1 fully saturated rings. The smallest absolute Gasteiger partial charge is 0.335 e. The minimum Gasteiger partial charge on any atom is -0.441 e. The number of amides is 4. The Morgan fingerprint density at radius 2 is 1.55 bits per heavy atom. The fourth-order valence-electron chi connectivity index (χ4n) is 3.31. The molecule has 1 aliphatic heterocycles. The Morgan fingerprint density at radius 1 is 0.931 bits per heavy atom. The highest BCUT2D eigenvalue weighted by Gasteiger charge is 2.47. The van der Waals surface area contributed by atoms with Crippen LogP contribution in [-0.2, 0) is 16.1 Å². The number of imide groups is 2. The van der Waals surface area contributed by atoms with E-state index >= 15 is 0 Å². The zero-order valence-electron chi connectivity index (χ0n) is 16.0. The molecule has 0 radical (unpaired) electrons. The van der Waals surface area contributed by atoms with Crippen molar-refractivity contribution in [2.24, 2.45) is 0 Å². The van der Waals surface area contributed by atoms with Gasteiger partial charge in [-0.05, 0) is 31.5 Å². The third-order valence-electron chi connectivity index (χ3n) is 4.97. The molecule has 1 aliphatic rings. The van der Waals surface area contributed by atoms with Crippen molar-refractivity contribution in [2.45, 2.75) is 26.4 Å². The van der Waals surface area contributed by atoms with E-state index in [1.54, 1.807) is 13.8 Å². The zero-order chi connectivity index (χ0) is 20.5. The van der Waals surface area contributed by atoms with E-state index in [0.717, 1.165) is 20.9 Å². The molecule has 29 heavy (non-hydrogen) atoms. The largest absolute Gasteiger partial charge is 0.441 e. The monoisotopic (exact) mass is 389 g/mol. The van der Waals surface area contributed by atoms with Crippen molar-refractivity contribution < 1.29 is 18.8 Å². The predicted octanol–water partition coefficient (Wildman–Crippen LogP) is 3.70. The number of aryl methyl sites for hydroxylation is 1. The molecule has 4 rings (SSSR count). The summed E-state index contributed by atoms with van der Waals surface area (Å²) in [5, 5.41) is 0. The number of oxazole rings is 1. The Labute approximate surface area is 167 Å². The van der Waals surface area contributed by atoms with Gasteiger partial charge >= 0.3 is 17.8 Å². The van der Waals surface area contributed by atoms with Gasteiger partial charge in [-0.1, -0.05) is 48.5 Å². The van der Waals surface area contributed by atoms with Crippen molar-refractivity contribution >= 4 is 17.8 Å². The maximum Gasteiger partial charge on any atom is 0.335 e. The van der Waals surface area contributed by atoms with E-state index in [1.807, 2.05) is 60.7 Å². The molecular weight excluding hydrogens is 370 g/mol. The zero-order valence-corrected chi connectivity index (χ0v) is 16.0. The minimum atomic E-state index is -0.860. The van der Waals surface area contributed by atoms with Gasteiger partial charge in [0, 0.05) is 5.56 Å². The van der Waals surface area contributed by atoms with Crippen molar-refractivity contribution in [2.75, 3.05) is 0 Å². The highest BCUT2D eigenvalue weighted by molar-refractivity contribution is 6.44. The summed E-state index contributed by atoms with van der Waals surface area (Å²) in [4.78, 5) is 44.2. The number of carbonyl (C=O) groups is 3. The van der Waals surface area contributed by atoms with E-state index in [9.17, 15) is 14.4 Å². The van der Waals surface area contributed by atoms with Crippen molar-refractivity contribution in [3.63, 3.8) is 0 Å². The molecule has 0 aliphatic carbocycles. The van der Waals surface area contributed by atoms with Gasteiger partial charge in [0.2, 0.25) is 5.89 Å². The first kappa shape index (κ1) is 18.6. The van der Waals surface area contributed by atoms with Gasteiger partial charge in [0.05, 0.1) is 12.6 Å². The van der Waals surface area contributed by atoms with Crippen molar-refractivity contribution in [1.29, 1.82) is 0 Å². The number of hydrogen-bond acceptors (Lipinski definition) is 5. The molecule has 0 spiro atoms. The summed E-state index contributed by atoms with van der Waals surface area (Å²) in [6, 6.07) is 17.2. The van der Waals surface area contributed by atoms with E-state index in [1.165, 1.54) is 0 Å². The molecule has 3 aromatic rings. The standard InChI is InChI=1S/C22H19N3O4/c1-14(16-9-5-3-6-10-16)25-21(27)20(26)24(22(25)28)13-18-15(2)29-19(23-18)17-11-7-4-8-12-17/h3-12,14H,13H2,1-2H3. The summed E-state index contributed by atoms with van der Waals surface area (Å²) in [6.07, 6.45) is 0. The lowest BCUT2D eigenvalue weighted by Crippen LogP contribution is -2.35. The van der Waals surface area contributed by atoms with Crippen LogP contribution >= 0.6 is 0 Å². The van der Waals surface area contributed by atoms with Crippen LogP contribution in [0.3, 0.4) is 0 Å². The van der Waals surface area contributed by atoms with Crippen LogP contribution in [0.2, 0.25) is 0 Å². The molecule has 1 atom stereocenters. The number of rotatable bonds is 5. The highest BCUT2D eigenvalue weighted by atomic mass is 16.4. The Morgan fingerprint density at radius 3 is 2.21 bits per heavy atom. The topological polar surface area (TPSA) is 83.7 Å². The first-order chi connectivity index (χ1) is 14.0. The van der Waals surface area contributed by atoms with Gasteiger partial charge in [0.25, 0.3) is 0 Å². The molecule has 2 aromatic carbocycles. The molecule has 4 amide bonds. The molecule has 2 heterocycles. The maximum absolute atomic E-state index is 12.9. The summed E-state index contributed by atoms with van der Waals surface area (Å²) < 4.78 is 5.69. The fraction of sp³-hybridized carbons (Fsp3) is 0.182. The van der Waals surface area contributed by atoms with Gasteiger partial charge in [-0.15, -0.1) is 0 Å². The number of nitrogens with zero attached hydrogens (tertiary/aromatic N) is 3. The molecule has 1 aromatic heterocycles. The van der Waals surface area contributed by atoms with Gasteiger partial charge in [-0.25, -0.2) is 19.6 Å². The predicted molar refractivity (Wildman–Crippen MR) is 104 cm³/mol. The van der Waals surface area contributed by atoms with Crippen molar-refractivity contribution in [1.82, 2.24) is 14.8 Å². The third kappa shape index (κ3) is 3.31. The normalized spacial score (nSPS) is 15.3. The first-order valence-electron chi connectivity index (χ1n) is 9.23. The number of hydrogen-bond donors (Lipinski definition) is 0. The number of benzene rings is 2. The molecule has 0 bridgehead atoms. The Bertz CT molecular complexity index is 1080. The third-order valence-corrected chi connectivity index (χ3v) is 4.97. The summed E-state index contributed by atoms with van der Waals surface area (Å²) in [6.45, 7) is 3.31. The minimum absolute atomic E-state index is 0.121. The molecule has 1 unspecified atom stereocenters. The van der Waals surface area contributed by atoms with Gasteiger partial charge in [-0.3, -0.25) is 9.59 Å². The lowest BCUT2D eigenvalue weighted by Gasteiger charge is -2.22. The molecule has 0 N–H and O–H groups in total. The van der Waals surface area contributed by atoms with Crippen LogP contribution in [0.5, 0.6) is 0 Å². The lowest BCUT2D eigenvalue weighted by molar-refractivity contribution is -0.144. The first-order valence-corrected chi connectivity index (χ1v) is 9.23. The average molecular weight is 389 g/mol. The van der Waals surface area contributed by atoms with E-state index in [-0.39, 0.29) is 6.54 Å². The van der Waals surface area contributed by atoms with Crippen LogP contribution in [-0.4, -0.2) is 32.6 Å². The second-order valence-corrected chi connectivity index (χ2v) is 6.82. The van der Waals surface area contributed by atoms with Crippen LogP contribution in [0.1, 0.15) is 30.0 Å². The number of aromatic nitrogens is 1. The van der Waals surface area contributed by atoms with Crippen molar-refractivity contribution in [3.8, 4) is 11.5 Å².